The Balaban J connectivity index is 1.83. The molecule has 2 atom stereocenters. The van der Waals surface area contributed by atoms with E-state index in [2.05, 4.69) is 33.1 Å². The van der Waals surface area contributed by atoms with E-state index in [0.29, 0.717) is 23.2 Å². The molecule has 1 saturated heterocycles. The van der Waals surface area contributed by atoms with Crippen LogP contribution < -0.4 is 5.32 Å². The highest BCUT2D eigenvalue weighted by atomic mass is 16.5. The summed E-state index contributed by atoms with van der Waals surface area (Å²) in [7, 11) is 2.06. The van der Waals surface area contributed by atoms with Gasteiger partial charge in [0.25, 0.3) is 0 Å². The Morgan fingerprint density at radius 2 is 1.94 bits per heavy atom. The van der Waals surface area contributed by atoms with Crippen LogP contribution in [0.4, 0.5) is 0 Å². The van der Waals surface area contributed by atoms with Crippen LogP contribution in [-0.2, 0) is 4.74 Å². The smallest absolute Gasteiger partial charge is 0.0687 e. The second-order valence-electron chi connectivity index (χ2n) is 7.43. The van der Waals surface area contributed by atoms with Gasteiger partial charge in [0, 0.05) is 6.04 Å². The molecule has 1 heterocycles. The summed E-state index contributed by atoms with van der Waals surface area (Å²) in [5.74, 6) is 0. The number of hydrogen-bond acceptors (Lipinski definition) is 2. The minimum Gasteiger partial charge on any atom is -0.372 e. The summed E-state index contributed by atoms with van der Waals surface area (Å²) in [6.07, 6.45) is 11.0. The number of ether oxygens (including phenoxy) is 1. The van der Waals surface area contributed by atoms with Crippen LogP contribution in [0.5, 0.6) is 0 Å². The molecule has 0 bridgehead atoms. The van der Waals surface area contributed by atoms with Crippen LogP contribution in [0.25, 0.3) is 0 Å². The van der Waals surface area contributed by atoms with Crippen molar-refractivity contribution in [3.63, 3.8) is 0 Å². The lowest BCUT2D eigenvalue weighted by molar-refractivity contribution is -0.0515. The van der Waals surface area contributed by atoms with Crippen molar-refractivity contribution in [3.05, 3.63) is 0 Å². The third kappa shape index (κ3) is 3.48. The first-order valence-electron chi connectivity index (χ1n) is 7.80. The quantitative estimate of drug-likeness (QED) is 0.802. The van der Waals surface area contributed by atoms with Crippen molar-refractivity contribution in [2.45, 2.75) is 89.9 Å². The SMILES string of the molecule is CNC(C)CC(C)(C)CC1CCC2(CCCC2)O1. The van der Waals surface area contributed by atoms with Crippen LogP contribution >= 0.6 is 0 Å². The van der Waals surface area contributed by atoms with Gasteiger partial charge in [-0.1, -0.05) is 26.7 Å². The molecule has 1 aliphatic carbocycles. The van der Waals surface area contributed by atoms with E-state index < -0.39 is 0 Å². The minimum atomic E-state index is 0.301. The van der Waals surface area contributed by atoms with E-state index in [9.17, 15) is 0 Å². The van der Waals surface area contributed by atoms with E-state index in [0.717, 1.165) is 0 Å². The van der Waals surface area contributed by atoms with Crippen molar-refractivity contribution < 1.29 is 4.74 Å². The highest BCUT2D eigenvalue weighted by Gasteiger charge is 2.43. The number of nitrogens with one attached hydrogen (secondary N) is 1. The van der Waals surface area contributed by atoms with Gasteiger partial charge in [-0.2, -0.15) is 0 Å². The average Bonchev–Trinajstić information content (AvgIpc) is 2.88. The second kappa shape index (κ2) is 5.50. The molecule has 2 heteroatoms. The lowest BCUT2D eigenvalue weighted by Crippen LogP contribution is -2.32. The first-order valence-corrected chi connectivity index (χ1v) is 7.80. The normalized spacial score (nSPS) is 29.0. The van der Waals surface area contributed by atoms with Gasteiger partial charge in [-0.3, -0.25) is 0 Å². The summed E-state index contributed by atoms with van der Waals surface area (Å²) in [5, 5.41) is 3.35. The fourth-order valence-corrected chi connectivity index (χ4v) is 4.06. The van der Waals surface area contributed by atoms with Gasteiger partial charge in [-0.15, -0.1) is 0 Å². The van der Waals surface area contributed by atoms with Gasteiger partial charge in [0.05, 0.1) is 11.7 Å². The Morgan fingerprint density at radius 3 is 2.56 bits per heavy atom. The Morgan fingerprint density at radius 1 is 1.28 bits per heavy atom. The van der Waals surface area contributed by atoms with Crippen molar-refractivity contribution >= 4 is 0 Å². The number of rotatable bonds is 5. The third-order valence-electron chi connectivity index (χ3n) is 4.99. The molecule has 0 aromatic carbocycles. The molecule has 1 saturated carbocycles. The molecular formula is C16H31NO. The lowest BCUT2D eigenvalue weighted by atomic mass is 9.80. The molecule has 0 aromatic rings. The molecule has 0 radical (unpaired) electrons. The van der Waals surface area contributed by atoms with Crippen molar-refractivity contribution in [1.29, 1.82) is 0 Å². The fraction of sp³-hybridized carbons (Fsp3) is 1.00. The molecule has 2 nitrogen and oxygen atoms in total. The molecule has 2 rings (SSSR count). The number of hydrogen-bond donors (Lipinski definition) is 1. The molecular weight excluding hydrogens is 222 g/mol. The molecule has 1 aliphatic heterocycles. The van der Waals surface area contributed by atoms with Crippen LogP contribution in [-0.4, -0.2) is 24.8 Å². The summed E-state index contributed by atoms with van der Waals surface area (Å²) in [6, 6.07) is 0.599. The van der Waals surface area contributed by atoms with Crippen molar-refractivity contribution in [2.24, 2.45) is 5.41 Å². The second-order valence-corrected chi connectivity index (χ2v) is 7.43. The summed E-state index contributed by atoms with van der Waals surface area (Å²) >= 11 is 0. The maximum Gasteiger partial charge on any atom is 0.0687 e. The van der Waals surface area contributed by atoms with Gasteiger partial charge in [0.15, 0.2) is 0 Å². The zero-order chi connectivity index (χ0) is 13.2. The highest BCUT2D eigenvalue weighted by molar-refractivity contribution is 4.94. The lowest BCUT2D eigenvalue weighted by Gasteiger charge is -2.32. The van der Waals surface area contributed by atoms with Crippen molar-refractivity contribution in [2.75, 3.05) is 7.05 Å². The zero-order valence-corrected chi connectivity index (χ0v) is 12.7. The highest BCUT2D eigenvalue weighted by Crippen LogP contribution is 2.46. The van der Waals surface area contributed by atoms with Crippen LogP contribution in [0.15, 0.2) is 0 Å². The molecule has 1 N–H and O–H groups in total. The largest absolute Gasteiger partial charge is 0.372 e. The zero-order valence-electron chi connectivity index (χ0n) is 12.7. The first kappa shape index (κ1) is 14.3. The van der Waals surface area contributed by atoms with Crippen LogP contribution in [0.1, 0.15) is 72.1 Å². The fourth-order valence-electron chi connectivity index (χ4n) is 4.06. The van der Waals surface area contributed by atoms with Crippen LogP contribution in [0.2, 0.25) is 0 Å². The summed E-state index contributed by atoms with van der Waals surface area (Å²) < 4.78 is 6.44. The van der Waals surface area contributed by atoms with E-state index in [1.54, 1.807) is 0 Å². The average molecular weight is 253 g/mol. The van der Waals surface area contributed by atoms with Gasteiger partial charge in [0.1, 0.15) is 0 Å². The summed E-state index contributed by atoms with van der Waals surface area (Å²) in [5.41, 5.74) is 0.687. The molecule has 106 valence electrons. The molecule has 0 amide bonds. The molecule has 18 heavy (non-hydrogen) atoms. The maximum absolute atomic E-state index is 6.44. The van der Waals surface area contributed by atoms with Crippen molar-refractivity contribution in [1.82, 2.24) is 5.32 Å². The van der Waals surface area contributed by atoms with E-state index in [4.69, 9.17) is 4.74 Å². The van der Waals surface area contributed by atoms with E-state index in [1.807, 2.05) is 0 Å². The van der Waals surface area contributed by atoms with Gasteiger partial charge in [0.2, 0.25) is 0 Å². The Kier molecular flexibility index (Phi) is 4.38. The van der Waals surface area contributed by atoms with E-state index in [1.165, 1.54) is 51.4 Å². The van der Waals surface area contributed by atoms with Gasteiger partial charge in [-0.25, -0.2) is 0 Å². The van der Waals surface area contributed by atoms with E-state index >= 15 is 0 Å². The molecule has 2 fully saturated rings. The Labute approximate surface area is 113 Å². The maximum atomic E-state index is 6.44. The molecule has 1 spiro atoms. The standard InChI is InChI=1S/C16H31NO/c1-13(17-4)11-15(2,3)12-14-7-10-16(18-14)8-5-6-9-16/h13-14,17H,5-12H2,1-4H3. The van der Waals surface area contributed by atoms with Gasteiger partial charge < -0.3 is 10.1 Å². The van der Waals surface area contributed by atoms with Crippen LogP contribution in [0.3, 0.4) is 0 Å². The predicted molar refractivity (Wildman–Crippen MR) is 76.8 cm³/mol. The Hall–Kier alpha value is -0.0800. The summed E-state index contributed by atoms with van der Waals surface area (Å²) in [6.45, 7) is 7.06. The predicted octanol–water partition coefficient (Wildman–Crippen LogP) is 3.89. The summed E-state index contributed by atoms with van der Waals surface area (Å²) in [4.78, 5) is 0. The minimum absolute atomic E-state index is 0.301. The van der Waals surface area contributed by atoms with Crippen molar-refractivity contribution in [3.8, 4) is 0 Å². The van der Waals surface area contributed by atoms with Gasteiger partial charge in [-0.05, 0) is 57.9 Å². The first-order chi connectivity index (χ1) is 8.45. The molecule has 2 aliphatic rings. The monoisotopic (exact) mass is 253 g/mol. The Bertz CT molecular complexity index is 268. The van der Waals surface area contributed by atoms with E-state index in [-0.39, 0.29) is 0 Å². The molecule has 2 unspecified atom stereocenters. The van der Waals surface area contributed by atoms with Crippen LogP contribution in [0, 0.1) is 5.41 Å². The van der Waals surface area contributed by atoms with Gasteiger partial charge >= 0.3 is 0 Å². The third-order valence-corrected chi connectivity index (χ3v) is 4.99. The topological polar surface area (TPSA) is 21.3 Å². The molecule has 0 aromatic heterocycles.